The van der Waals surface area contributed by atoms with E-state index in [1.54, 1.807) is 25.1 Å². The zero-order valence-electron chi connectivity index (χ0n) is 15.7. The third-order valence-corrected chi connectivity index (χ3v) is 5.61. The summed E-state index contributed by atoms with van der Waals surface area (Å²) in [5.41, 5.74) is 2.26. The van der Waals surface area contributed by atoms with Gasteiger partial charge in [0, 0.05) is 18.5 Å². The van der Waals surface area contributed by atoms with Gasteiger partial charge in [-0.05, 0) is 36.2 Å². The van der Waals surface area contributed by atoms with E-state index < -0.39 is 0 Å². The van der Waals surface area contributed by atoms with Gasteiger partial charge in [0.1, 0.15) is 5.75 Å². The second-order valence-electron chi connectivity index (χ2n) is 6.30. The first-order chi connectivity index (χ1) is 13.7. The summed E-state index contributed by atoms with van der Waals surface area (Å²) in [5.74, 6) is 2.09. The van der Waals surface area contributed by atoms with Crippen molar-refractivity contribution in [1.29, 1.82) is 0 Å². The number of aromatic amines is 1. The van der Waals surface area contributed by atoms with Crippen molar-refractivity contribution in [3.63, 3.8) is 0 Å². The van der Waals surface area contributed by atoms with Crippen LogP contribution in [0, 0.1) is 0 Å². The van der Waals surface area contributed by atoms with Crippen LogP contribution >= 0.6 is 11.8 Å². The van der Waals surface area contributed by atoms with Gasteiger partial charge in [0.05, 0.1) is 19.4 Å². The molecule has 0 amide bonds. The lowest BCUT2D eigenvalue weighted by atomic mass is 10.2. The maximum Gasteiger partial charge on any atom is 0.287 e. The molecule has 8 nitrogen and oxygen atoms in total. The van der Waals surface area contributed by atoms with Gasteiger partial charge in [-0.1, -0.05) is 18.7 Å². The first kappa shape index (κ1) is 18.6. The van der Waals surface area contributed by atoms with Crippen LogP contribution < -0.4 is 10.3 Å². The van der Waals surface area contributed by atoms with Crippen LogP contribution in [0.25, 0.3) is 28.2 Å². The Bertz CT molecular complexity index is 1180. The Morgan fingerprint density at radius 3 is 2.71 bits per heavy atom. The van der Waals surface area contributed by atoms with Gasteiger partial charge >= 0.3 is 0 Å². The summed E-state index contributed by atoms with van der Waals surface area (Å²) >= 11 is 1.56. The number of ether oxygens (including phenoxy) is 1. The number of thioether (sulfide) groups is 1. The van der Waals surface area contributed by atoms with E-state index in [0.29, 0.717) is 28.6 Å². The number of methoxy groups -OCH3 is 1. The number of aliphatic hydroxyl groups is 1. The zero-order valence-corrected chi connectivity index (χ0v) is 16.5. The number of H-pyrrole nitrogens is 1. The average Bonchev–Trinajstić information content (AvgIpc) is 3.30. The molecule has 28 heavy (non-hydrogen) atoms. The highest BCUT2D eigenvalue weighted by Gasteiger charge is 2.18. The summed E-state index contributed by atoms with van der Waals surface area (Å²) in [7, 11) is 1.62. The fourth-order valence-corrected chi connectivity index (χ4v) is 3.93. The van der Waals surface area contributed by atoms with E-state index in [0.717, 1.165) is 29.2 Å². The average molecular weight is 399 g/mol. The number of rotatable bonds is 7. The molecule has 0 aliphatic rings. The minimum Gasteiger partial charge on any atom is -0.497 e. The Labute approximate surface area is 165 Å². The number of fused-ring (bicyclic) bond motifs is 2. The first-order valence-electron chi connectivity index (χ1n) is 9.06. The molecule has 0 saturated heterocycles. The summed E-state index contributed by atoms with van der Waals surface area (Å²) in [6, 6.07) is 7.55. The van der Waals surface area contributed by atoms with Crippen LogP contribution in [0.1, 0.15) is 13.3 Å². The molecule has 0 radical (unpaired) electrons. The van der Waals surface area contributed by atoms with Crippen LogP contribution in [-0.4, -0.2) is 48.5 Å². The Hall–Kier alpha value is -2.78. The molecule has 1 aromatic carbocycles. The van der Waals surface area contributed by atoms with Gasteiger partial charge in [-0.3, -0.25) is 4.79 Å². The third kappa shape index (κ3) is 3.16. The van der Waals surface area contributed by atoms with E-state index in [9.17, 15) is 9.90 Å². The van der Waals surface area contributed by atoms with Crippen molar-refractivity contribution in [3.05, 3.63) is 40.8 Å². The SMILES string of the molecule is CCCSc1nc2c(=O)n3cc(-c4ccc(OC)cc4)[nH]c3nc2n1CCO. The number of aromatic nitrogens is 5. The molecule has 3 heterocycles. The smallest absolute Gasteiger partial charge is 0.287 e. The summed E-state index contributed by atoms with van der Waals surface area (Å²) < 4.78 is 8.48. The lowest BCUT2D eigenvalue weighted by Crippen LogP contribution is -2.14. The Morgan fingerprint density at radius 1 is 1.25 bits per heavy atom. The molecule has 3 aromatic heterocycles. The van der Waals surface area contributed by atoms with Crippen molar-refractivity contribution < 1.29 is 9.84 Å². The normalized spacial score (nSPS) is 11.5. The van der Waals surface area contributed by atoms with E-state index in [1.165, 1.54) is 4.40 Å². The first-order valence-corrected chi connectivity index (χ1v) is 10.0. The third-order valence-electron chi connectivity index (χ3n) is 4.43. The van der Waals surface area contributed by atoms with Crippen molar-refractivity contribution in [1.82, 2.24) is 23.9 Å². The fraction of sp³-hybridized carbons (Fsp3) is 0.316. The molecule has 0 atom stereocenters. The number of nitrogens with one attached hydrogen (secondary N) is 1. The Morgan fingerprint density at radius 2 is 2.04 bits per heavy atom. The van der Waals surface area contributed by atoms with E-state index in [4.69, 9.17) is 4.74 Å². The topological polar surface area (TPSA) is 97.4 Å². The van der Waals surface area contributed by atoms with Gasteiger partial charge in [0.25, 0.3) is 5.56 Å². The van der Waals surface area contributed by atoms with Crippen LogP contribution in [0.4, 0.5) is 0 Å². The largest absolute Gasteiger partial charge is 0.497 e. The number of hydrogen-bond donors (Lipinski definition) is 2. The van der Waals surface area contributed by atoms with Crippen LogP contribution in [-0.2, 0) is 6.54 Å². The Kier molecular flexibility index (Phi) is 5.10. The van der Waals surface area contributed by atoms with Gasteiger partial charge < -0.3 is 19.4 Å². The lowest BCUT2D eigenvalue weighted by molar-refractivity contribution is 0.273. The minimum atomic E-state index is -0.231. The van der Waals surface area contributed by atoms with Gasteiger partial charge in [-0.15, -0.1) is 0 Å². The fourth-order valence-electron chi connectivity index (χ4n) is 3.06. The number of benzene rings is 1. The molecule has 0 unspecified atom stereocenters. The van der Waals surface area contributed by atoms with Crippen molar-refractivity contribution in [2.45, 2.75) is 25.0 Å². The van der Waals surface area contributed by atoms with E-state index in [-0.39, 0.29) is 12.2 Å². The molecule has 9 heteroatoms. The van der Waals surface area contributed by atoms with E-state index >= 15 is 0 Å². The van der Waals surface area contributed by atoms with Crippen molar-refractivity contribution in [2.24, 2.45) is 0 Å². The highest BCUT2D eigenvalue weighted by molar-refractivity contribution is 7.99. The van der Waals surface area contributed by atoms with Gasteiger partial charge in [-0.2, -0.15) is 4.98 Å². The van der Waals surface area contributed by atoms with Crippen LogP contribution in [0.2, 0.25) is 0 Å². The Balaban J connectivity index is 1.86. The molecule has 0 fully saturated rings. The van der Waals surface area contributed by atoms with Gasteiger partial charge in [0.15, 0.2) is 16.3 Å². The molecule has 0 saturated carbocycles. The monoisotopic (exact) mass is 399 g/mol. The summed E-state index contributed by atoms with van der Waals surface area (Å²) in [4.78, 5) is 25.4. The number of nitrogens with zero attached hydrogens (tertiary/aromatic N) is 4. The summed E-state index contributed by atoms with van der Waals surface area (Å²) in [6.07, 6.45) is 2.72. The molecular weight excluding hydrogens is 378 g/mol. The maximum absolute atomic E-state index is 13.0. The highest BCUT2D eigenvalue weighted by Crippen LogP contribution is 2.24. The van der Waals surface area contributed by atoms with Crippen LogP contribution in [0.3, 0.4) is 0 Å². The van der Waals surface area contributed by atoms with E-state index in [2.05, 4.69) is 21.9 Å². The second-order valence-corrected chi connectivity index (χ2v) is 7.36. The predicted octanol–water partition coefficient (Wildman–Crippen LogP) is 2.54. The summed E-state index contributed by atoms with van der Waals surface area (Å²) in [5, 5.41) is 10.1. The molecule has 0 bridgehead atoms. The lowest BCUT2D eigenvalue weighted by Gasteiger charge is -2.05. The zero-order chi connectivity index (χ0) is 19.7. The predicted molar refractivity (Wildman–Crippen MR) is 109 cm³/mol. The van der Waals surface area contributed by atoms with Crippen LogP contribution in [0.5, 0.6) is 5.75 Å². The molecule has 4 rings (SSSR count). The minimum absolute atomic E-state index is 0.0476. The van der Waals surface area contributed by atoms with Gasteiger partial charge in [-0.25, -0.2) is 9.38 Å². The second kappa shape index (κ2) is 7.69. The number of aliphatic hydroxyl groups excluding tert-OH is 1. The van der Waals surface area contributed by atoms with Crippen molar-refractivity contribution >= 4 is 28.7 Å². The van der Waals surface area contributed by atoms with E-state index in [1.807, 2.05) is 28.8 Å². The van der Waals surface area contributed by atoms with Crippen molar-refractivity contribution in [3.8, 4) is 17.0 Å². The summed E-state index contributed by atoms with van der Waals surface area (Å²) in [6.45, 7) is 2.38. The molecular formula is C19H21N5O3S. The molecule has 146 valence electrons. The van der Waals surface area contributed by atoms with Gasteiger partial charge in [0.2, 0.25) is 5.78 Å². The molecule has 0 spiro atoms. The standard InChI is InChI=1S/C19H21N5O3S/c1-3-10-28-19-21-15-16(23(19)8-9-25)22-18-20-14(11-24(18)17(15)26)12-4-6-13(27-2)7-5-12/h4-7,11,25H,3,8-10H2,1-2H3,(H,20,22). The van der Waals surface area contributed by atoms with Crippen molar-refractivity contribution in [2.75, 3.05) is 19.5 Å². The maximum atomic E-state index is 13.0. The van der Waals surface area contributed by atoms with Crippen LogP contribution in [0.15, 0.2) is 40.4 Å². The molecule has 2 N–H and O–H groups in total. The number of imidazole rings is 2. The molecule has 0 aliphatic carbocycles. The molecule has 0 aliphatic heterocycles. The highest BCUT2D eigenvalue weighted by atomic mass is 32.2. The molecule has 4 aromatic rings. The quantitative estimate of drug-likeness (QED) is 0.464. The number of hydrogen-bond acceptors (Lipinski definition) is 6.